The molecule has 0 aliphatic rings. The van der Waals surface area contributed by atoms with Gasteiger partial charge in [0.05, 0.1) is 11.1 Å². The van der Waals surface area contributed by atoms with Crippen LogP contribution in [0.3, 0.4) is 0 Å². The molecule has 0 aliphatic heterocycles. The first kappa shape index (κ1) is 24.9. The maximum Gasteiger partial charge on any atom is 0.412 e. The molecule has 0 aliphatic carbocycles. The van der Waals surface area contributed by atoms with Gasteiger partial charge >= 0.3 is 12.1 Å². The van der Waals surface area contributed by atoms with Crippen LogP contribution in [0.2, 0.25) is 5.02 Å². The van der Waals surface area contributed by atoms with E-state index in [-0.39, 0.29) is 36.3 Å². The van der Waals surface area contributed by atoms with Crippen LogP contribution in [0.5, 0.6) is 0 Å². The van der Waals surface area contributed by atoms with Gasteiger partial charge < -0.3 is 25.2 Å². The Morgan fingerprint density at radius 2 is 2.00 bits per heavy atom. The summed E-state index contributed by atoms with van der Waals surface area (Å²) in [6.45, 7) is -0.203. The van der Waals surface area contributed by atoms with Crippen LogP contribution in [0.1, 0.15) is 5.56 Å². The first-order chi connectivity index (χ1) is 16.3. The number of likely N-dealkylation sites (N-methyl/N-ethyl adjacent to an activating group) is 1. The summed E-state index contributed by atoms with van der Waals surface area (Å²) in [5.74, 6) is -0.713. The Hall–Kier alpha value is -3.70. The minimum atomic E-state index is -0.849. The molecule has 34 heavy (non-hydrogen) atoms. The van der Waals surface area contributed by atoms with Crippen molar-refractivity contribution in [3.05, 3.63) is 70.8 Å². The molecule has 2 aromatic carbocycles. The van der Waals surface area contributed by atoms with E-state index < -0.39 is 29.8 Å². The molecule has 1 aromatic heterocycles. The van der Waals surface area contributed by atoms with Gasteiger partial charge in [-0.1, -0.05) is 41.0 Å². The van der Waals surface area contributed by atoms with Gasteiger partial charge in [-0.15, -0.1) is 0 Å². The van der Waals surface area contributed by atoms with Crippen LogP contribution in [-0.2, 0) is 11.3 Å². The lowest BCUT2D eigenvalue weighted by Crippen LogP contribution is -2.49. The average Bonchev–Trinajstić information content (AvgIpc) is 3.28. The summed E-state index contributed by atoms with van der Waals surface area (Å²) in [6, 6.07) is 10.2. The van der Waals surface area contributed by atoms with Crippen molar-refractivity contribution in [2.45, 2.75) is 12.6 Å². The zero-order valence-corrected chi connectivity index (χ0v) is 18.8. The van der Waals surface area contributed by atoms with Crippen molar-refractivity contribution in [2.75, 3.05) is 25.5 Å². The first-order valence-corrected chi connectivity index (χ1v) is 10.5. The molecule has 1 atom stereocenters. The summed E-state index contributed by atoms with van der Waals surface area (Å²) in [7, 11) is 1.48. The van der Waals surface area contributed by atoms with Crippen molar-refractivity contribution in [1.29, 1.82) is 0 Å². The fraction of sp³-hybridized carbons (Fsp3) is 0.227. The van der Waals surface area contributed by atoms with E-state index in [1.165, 1.54) is 48.3 Å². The second-order valence-electron chi connectivity index (χ2n) is 7.18. The molecule has 12 heteroatoms. The molecule has 0 radical (unpaired) electrons. The van der Waals surface area contributed by atoms with E-state index in [1.807, 2.05) is 0 Å². The molecule has 1 heterocycles. The van der Waals surface area contributed by atoms with Crippen LogP contribution < -0.4 is 16.4 Å². The first-order valence-electron chi connectivity index (χ1n) is 10.1. The smallest absolute Gasteiger partial charge is 0.412 e. The molecule has 180 valence electrons. The lowest BCUT2D eigenvalue weighted by Gasteiger charge is -2.27. The number of nitrogens with two attached hydrogens (primary N) is 1. The maximum atomic E-state index is 13.5. The number of aromatic nitrogens is 1. The quantitative estimate of drug-likeness (QED) is 0.436. The molecule has 9 nitrogen and oxygen atoms in total. The summed E-state index contributed by atoms with van der Waals surface area (Å²) in [6.07, 6.45) is -0.849. The van der Waals surface area contributed by atoms with Crippen molar-refractivity contribution in [2.24, 2.45) is 5.73 Å². The highest BCUT2D eigenvalue weighted by Gasteiger charge is 2.21. The molecule has 3 aromatic rings. The van der Waals surface area contributed by atoms with Crippen LogP contribution in [0, 0.1) is 11.6 Å². The number of urea groups is 1. The Kier molecular flexibility index (Phi) is 8.39. The Morgan fingerprint density at radius 3 is 2.74 bits per heavy atom. The Bertz CT molecular complexity index is 1160. The van der Waals surface area contributed by atoms with Crippen LogP contribution in [-0.4, -0.2) is 48.4 Å². The van der Waals surface area contributed by atoms with Crippen molar-refractivity contribution in [3.63, 3.8) is 0 Å². The molecule has 3 amide bonds. The van der Waals surface area contributed by atoms with Gasteiger partial charge in [0.15, 0.2) is 11.6 Å². The third kappa shape index (κ3) is 6.42. The van der Waals surface area contributed by atoms with E-state index in [2.05, 4.69) is 15.8 Å². The van der Waals surface area contributed by atoms with E-state index in [0.29, 0.717) is 11.1 Å². The zero-order chi connectivity index (χ0) is 24.7. The Morgan fingerprint density at radius 1 is 1.24 bits per heavy atom. The number of halogens is 3. The number of rotatable bonds is 8. The van der Waals surface area contributed by atoms with Gasteiger partial charge in [0, 0.05) is 31.8 Å². The summed E-state index contributed by atoms with van der Waals surface area (Å²) >= 11 is 5.89. The summed E-state index contributed by atoms with van der Waals surface area (Å²) < 4.78 is 37.1. The number of nitrogens with one attached hydrogen (secondary N) is 2. The fourth-order valence-corrected chi connectivity index (χ4v) is 3.10. The number of carbonyl (C=O) groups is 2. The second-order valence-corrected chi connectivity index (χ2v) is 7.56. The SMILES string of the molecule is CN(C(=O)NCc1cccc(F)c1Cl)[C@@H](CN)COC(=O)Nc1cc(-c2cccc(F)c2)on1. The topological polar surface area (TPSA) is 123 Å². The number of anilines is 1. The standard InChI is InChI=1S/C22H22ClF2N5O4/c1-30(21(31)27-11-14-5-3-7-17(25)20(14)23)16(10-26)12-33-22(32)28-19-9-18(34-29-19)13-4-2-6-15(24)8-13/h2-9,16H,10-12,26H2,1H3,(H,27,31)(H,28,29,32)/t16-/m0/s1. The fourth-order valence-electron chi connectivity index (χ4n) is 2.91. The van der Waals surface area contributed by atoms with E-state index in [9.17, 15) is 18.4 Å². The van der Waals surface area contributed by atoms with Gasteiger partial charge in [-0.25, -0.2) is 18.4 Å². The Balaban J connectivity index is 1.49. The number of hydrogen-bond donors (Lipinski definition) is 3. The number of amides is 3. The van der Waals surface area contributed by atoms with Gasteiger partial charge in [0.25, 0.3) is 0 Å². The van der Waals surface area contributed by atoms with Gasteiger partial charge in [0.2, 0.25) is 0 Å². The van der Waals surface area contributed by atoms with Crippen LogP contribution >= 0.6 is 11.6 Å². The molecule has 0 saturated heterocycles. The summed E-state index contributed by atoms with van der Waals surface area (Å²) in [5, 5.41) is 8.61. The lowest BCUT2D eigenvalue weighted by atomic mass is 10.2. The van der Waals surface area contributed by atoms with Crippen LogP contribution in [0.4, 0.5) is 24.2 Å². The van der Waals surface area contributed by atoms with Crippen molar-refractivity contribution >= 4 is 29.5 Å². The molecular weight excluding hydrogens is 472 g/mol. The van der Waals surface area contributed by atoms with E-state index >= 15 is 0 Å². The van der Waals surface area contributed by atoms with Crippen LogP contribution in [0.25, 0.3) is 11.3 Å². The molecular formula is C22H22ClF2N5O4. The summed E-state index contributed by atoms with van der Waals surface area (Å²) in [5.41, 5.74) is 6.58. The molecule has 0 saturated carbocycles. The largest absolute Gasteiger partial charge is 0.447 e. The molecule has 0 fully saturated rings. The molecule has 0 bridgehead atoms. The number of benzene rings is 2. The van der Waals surface area contributed by atoms with Crippen molar-refractivity contribution in [1.82, 2.24) is 15.4 Å². The van der Waals surface area contributed by atoms with Crippen molar-refractivity contribution in [3.8, 4) is 11.3 Å². The van der Waals surface area contributed by atoms with E-state index in [1.54, 1.807) is 12.1 Å². The number of carbonyl (C=O) groups excluding carboxylic acids is 2. The zero-order valence-electron chi connectivity index (χ0n) is 18.1. The molecule has 0 spiro atoms. The monoisotopic (exact) mass is 493 g/mol. The van der Waals surface area contributed by atoms with Gasteiger partial charge in [0.1, 0.15) is 18.2 Å². The molecule has 0 unspecified atom stereocenters. The lowest BCUT2D eigenvalue weighted by molar-refractivity contribution is 0.119. The average molecular weight is 494 g/mol. The Labute approximate surface area is 198 Å². The third-order valence-electron chi connectivity index (χ3n) is 4.86. The highest BCUT2D eigenvalue weighted by molar-refractivity contribution is 6.31. The second kappa shape index (κ2) is 11.4. The van der Waals surface area contributed by atoms with Crippen molar-refractivity contribution < 1.29 is 27.6 Å². The minimum Gasteiger partial charge on any atom is -0.447 e. The highest BCUT2D eigenvalue weighted by atomic mass is 35.5. The number of ether oxygens (including phenoxy) is 1. The predicted octanol–water partition coefficient (Wildman–Crippen LogP) is 3.99. The third-order valence-corrected chi connectivity index (χ3v) is 5.28. The van der Waals surface area contributed by atoms with Crippen LogP contribution in [0.15, 0.2) is 53.1 Å². The normalized spacial score (nSPS) is 11.6. The summed E-state index contributed by atoms with van der Waals surface area (Å²) in [4.78, 5) is 25.8. The van der Waals surface area contributed by atoms with E-state index in [0.717, 1.165) is 0 Å². The van der Waals surface area contributed by atoms with E-state index in [4.69, 9.17) is 26.6 Å². The van der Waals surface area contributed by atoms with Gasteiger partial charge in [-0.05, 0) is 23.8 Å². The predicted molar refractivity (Wildman–Crippen MR) is 121 cm³/mol. The number of hydrogen-bond acceptors (Lipinski definition) is 6. The highest BCUT2D eigenvalue weighted by Crippen LogP contribution is 2.23. The van der Waals surface area contributed by atoms with Gasteiger partial charge in [-0.2, -0.15) is 0 Å². The number of nitrogens with zero attached hydrogens (tertiary/aromatic N) is 2. The maximum absolute atomic E-state index is 13.5. The minimum absolute atomic E-state index is 0.00178. The van der Waals surface area contributed by atoms with Gasteiger partial charge in [-0.3, -0.25) is 5.32 Å². The molecule has 4 N–H and O–H groups in total. The molecule has 3 rings (SSSR count).